The maximum absolute atomic E-state index is 5.22. The molecule has 0 N–H and O–H groups in total. The summed E-state index contributed by atoms with van der Waals surface area (Å²) in [6, 6.07) is 60.3. The van der Waals surface area contributed by atoms with Crippen LogP contribution in [0.4, 0.5) is 0 Å². The number of hydrogen-bond acceptors (Lipinski definition) is 4. The van der Waals surface area contributed by atoms with E-state index in [0.717, 1.165) is 61.1 Å². The average Bonchev–Trinajstić information content (AvgIpc) is 3.52. The van der Waals surface area contributed by atoms with Gasteiger partial charge in [0.1, 0.15) is 5.65 Å². The van der Waals surface area contributed by atoms with Gasteiger partial charge >= 0.3 is 0 Å². The third kappa shape index (κ3) is 5.33. The largest absolute Gasteiger partial charge is 0.294 e. The molecule has 0 amide bonds. The molecule has 230 valence electrons. The van der Waals surface area contributed by atoms with Crippen molar-refractivity contribution in [2.75, 3.05) is 0 Å². The summed E-state index contributed by atoms with van der Waals surface area (Å²) in [6.07, 6.45) is 0. The molecule has 9 rings (SSSR count). The highest BCUT2D eigenvalue weighted by atomic mass is 15.1. The summed E-state index contributed by atoms with van der Waals surface area (Å²) in [4.78, 5) is 20.3. The van der Waals surface area contributed by atoms with Crippen LogP contribution in [-0.4, -0.2) is 24.5 Å². The van der Waals surface area contributed by atoms with Crippen LogP contribution in [0.5, 0.6) is 0 Å². The minimum absolute atomic E-state index is 0.608. The van der Waals surface area contributed by atoms with Crippen molar-refractivity contribution in [1.82, 2.24) is 24.5 Å². The van der Waals surface area contributed by atoms with E-state index in [-0.39, 0.29) is 0 Å². The van der Waals surface area contributed by atoms with Gasteiger partial charge in [0, 0.05) is 38.7 Å². The van der Waals surface area contributed by atoms with E-state index < -0.39 is 0 Å². The van der Waals surface area contributed by atoms with Gasteiger partial charge in [-0.15, -0.1) is 0 Å². The Kier molecular flexibility index (Phi) is 7.06. The average molecular weight is 628 g/mol. The van der Waals surface area contributed by atoms with Gasteiger partial charge in [-0.05, 0) is 41.5 Å². The summed E-state index contributed by atoms with van der Waals surface area (Å²) in [5.41, 5.74) is 10.1. The van der Waals surface area contributed by atoms with Gasteiger partial charge in [0.15, 0.2) is 17.5 Å². The number of rotatable bonds is 6. The topological polar surface area (TPSA) is 56.5 Å². The number of para-hydroxylation sites is 1. The molecule has 0 aliphatic rings. The van der Waals surface area contributed by atoms with E-state index in [1.807, 2.05) is 54.6 Å². The smallest absolute Gasteiger partial charge is 0.164 e. The summed E-state index contributed by atoms with van der Waals surface area (Å²) in [5.74, 6) is 1.86. The summed E-state index contributed by atoms with van der Waals surface area (Å²) >= 11 is 0. The Hall–Kier alpha value is -6.72. The number of benzene rings is 6. The second kappa shape index (κ2) is 12.1. The van der Waals surface area contributed by atoms with Crippen LogP contribution in [0.15, 0.2) is 176 Å². The lowest BCUT2D eigenvalue weighted by atomic mass is 10.0. The van der Waals surface area contributed by atoms with Gasteiger partial charge in [-0.3, -0.25) is 4.57 Å². The summed E-state index contributed by atoms with van der Waals surface area (Å²) in [6.45, 7) is 0. The maximum atomic E-state index is 5.22. The molecule has 5 heteroatoms. The molecule has 0 unspecified atom stereocenters. The predicted octanol–water partition coefficient (Wildman–Crippen LogP) is 10.7. The van der Waals surface area contributed by atoms with Crippen molar-refractivity contribution in [3.8, 4) is 62.2 Å². The Balaban J connectivity index is 1.19. The second-order valence-electron chi connectivity index (χ2n) is 12.0. The quantitative estimate of drug-likeness (QED) is 0.184. The Morgan fingerprint density at radius 2 is 0.837 bits per heavy atom. The summed E-state index contributed by atoms with van der Waals surface area (Å²) in [7, 11) is 0. The molecule has 0 spiro atoms. The Bertz CT molecular complexity index is 2580. The molecule has 3 aromatic heterocycles. The molecule has 6 aromatic carbocycles. The zero-order chi connectivity index (χ0) is 32.6. The monoisotopic (exact) mass is 627 g/mol. The molecular weight excluding hydrogens is 599 g/mol. The highest BCUT2D eigenvalue weighted by Gasteiger charge is 2.17. The molecule has 0 saturated carbocycles. The van der Waals surface area contributed by atoms with Gasteiger partial charge in [-0.25, -0.2) is 19.9 Å². The van der Waals surface area contributed by atoms with Crippen LogP contribution in [0, 0.1) is 0 Å². The molecular formula is C44H29N5. The minimum Gasteiger partial charge on any atom is -0.294 e. The third-order valence-electron chi connectivity index (χ3n) is 8.87. The van der Waals surface area contributed by atoms with Crippen molar-refractivity contribution in [2.24, 2.45) is 0 Å². The van der Waals surface area contributed by atoms with Gasteiger partial charge < -0.3 is 0 Å². The van der Waals surface area contributed by atoms with Crippen LogP contribution < -0.4 is 0 Å². The zero-order valence-corrected chi connectivity index (χ0v) is 26.5. The third-order valence-corrected chi connectivity index (χ3v) is 8.87. The fraction of sp³-hybridized carbons (Fsp3) is 0. The minimum atomic E-state index is 0.608. The van der Waals surface area contributed by atoms with Crippen LogP contribution in [-0.2, 0) is 0 Å². The molecule has 5 nitrogen and oxygen atoms in total. The first-order valence-corrected chi connectivity index (χ1v) is 16.3. The Morgan fingerprint density at radius 3 is 1.53 bits per heavy atom. The zero-order valence-electron chi connectivity index (χ0n) is 26.5. The molecule has 0 aliphatic heterocycles. The van der Waals surface area contributed by atoms with E-state index >= 15 is 0 Å². The van der Waals surface area contributed by atoms with E-state index in [1.54, 1.807) is 0 Å². The fourth-order valence-electron chi connectivity index (χ4n) is 6.45. The molecule has 3 heterocycles. The molecule has 0 bridgehead atoms. The number of nitrogens with zero attached hydrogens (tertiary/aromatic N) is 5. The van der Waals surface area contributed by atoms with Gasteiger partial charge in [0.2, 0.25) is 0 Å². The van der Waals surface area contributed by atoms with E-state index in [9.17, 15) is 0 Å². The fourth-order valence-corrected chi connectivity index (χ4v) is 6.45. The van der Waals surface area contributed by atoms with E-state index in [0.29, 0.717) is 17.5 Å². The van der Waals surface area contributed by atoms with Crippen molar-refractivity contribution >= 4 is 21.9 Å². The molecule has 9 aromatic rings. The summed E-state index contributed by atoms with van der Waals surface area (Å²) < 4.78 is 2.24. The van der Waals surface area contributed by atoms with Gasteiger partial charge in [-0.1, -0.05) is 146 Å². The van der Waals surface area contributed by atoms with Crippen LogP contribution in [0.25, 0.3) is 84.2 Å². The van der Waals surface area contributed by atoms with E-state index in [2.05, 4.69) is 126 Å². The number of fused-ring (bicyclic) bond motifs is 3. The van der Waals surface area contributed by atoms with Crippen molar-refractivity contribution in [3.05, 3.63) is 176 Å². The lowest BCUT2D eigenvalue weighted by molar-refractivity contribution is 1.07. The molecule has 0 atom stereocenters. The Labute approximate surface area is 283 Å². The Morgan fingerprint density at radius 1 is 0.327 bits per heavy atom. The van der Waals surface area contributed by atoms with Crippen molar-refractivity contribution in [3.63, 3.8) is 0 Å². The van der Waals surface area contributed by atoms with Crippen molar-refractivity contribution in [1.29, 1.82) is 0 Å². The number of hydrogen-bond donors (Lipinski definition) is 0. The SMILES string of the molecule is c1ccc(-c2ccc(-c3nc(-c4ccccc4)nc(-c4cccc(-n5c6ccccc6c6ccc(-c7ccccc7)nc65)c4)n3)cc2)cc1. The standard InChI is InChI=1S/C44H29N5/c1-4-13-30(14-5-1)31-23-25-34(26-24-31)42-46-41(33-17-8-3-9-18-33)47-43(48-42)35-19-12-20-36(29-35)49-40-22-11-10-21-37(40)38-27-28-39(45-44(38)49)32-15-6-2-7-16-32/h1-29H. The van der Waals surface area contributed by atoms with Gasteiger partial charge in [-0.2, -0.15) is 0 Å². The molecule has 0 aliphatic carbocycles. The van der Waals surface area contributed by atoms with Crippen LogP contribution in [0.1, 0.15) is 0 Å². The van der Waals surface area contributed by atoms with Crippen LogP contribution in [0.2, 0.25) is 0 Å². The van der Waals surface area contributed by atoms with Crippen LogP contribution in [0.3, 0.4) is 0 Å². The summed E-state index contributed by atoms with van der Waals surface area (Å²) in [5, 5.41) is 2.26. The lowest BCUT2D eigenvalue weighted by Crippen LogP contribution is -2.01. The van der Waals surface area contributed by atoms with Crippen molar-refractivity contribution in [2.45, 2.75) is 0 Å². The maximum Gasteiger partial charge on any atom is 0.164 e. The molecule has 0 fully saturated rings. The number of aromatic nitrogens is 5. The van der Waals surface area contributed by atoms with Crippen LogP contribution >= 0.6 is 0 Å². The second-order valence-corrected chi connectivity index (χ2v) is 12.0. The number of pyridine rings is 1. The molecule has 0 radical (unpaired) electrons. The van der Waals surface area contributed by atoms with Crippen molar-refractivity contribution < 1.29 is 0 Å². The van der Waals surface area contributed by atoms with E-state index in [1.165, 1.54) is 5.56 Å². The molecule has 0 saturated heterocycles. The highest BCUT2D eigenvalue weighted by Crippen LogP contribution is 2.34. The van der Waals surface area contributed by atoms with Gasteiger partial charge in [0.25, 0.3) is 0 Å². The first-order valence-electron chi connectivity index (χ1n) is 16.3. The predicted molar refractivity (Wildman–Crippen MR) is 199 cm³/mol. The first kappa shape index (κ1) is 28.5. The first-order chi connectivity index (χ1) is 24.3. The normalized spacial score (nSPS) is 11.3. The lowest BCUT2D eigenvalue weighted by Gasteiger charge is -2.12. The molecule has 49 heavy (non-hydrogen) atoms. The highest BCUT2D eigenvalue weighted by molar-refractivity contribution is 6.08. The van der Waals surface area contributed by atoms with E-state index in [4.69, 9.17) is 19.9 Å². The van der Waals surface area contributed by atoms with Gasteiger partial charge in [0.05, 0.1) is 11.2 Å².